The van der Waals surface area contributed by atoms with Crippen molar-refractivity contribution in [2.75, 3.05) is 6.67 Å². The normalized spacial score (nSPS) is 11.2. The molecule has 2 aromatic heterocycles. The fraction of sp³-hybridized carbons (Fsp3) is 0.217. The van der Waals surface area contributed by atoms with E-state index in [1.54, 1.807) is 0 Å². The molecular formula is C23H21FN2OS. The van der Waals surface area contributed by atoms with Gasteiger partial charge < -0.3 is 0 Å². The van der Waals surface area contributed by atoms with Crippen LogP contribution in [0.2, 0.25) is 0 Å². The lowest BCUT2D eigenvalue weighted by Crippen LogP contribution is -2.26. The van der Waals surface area contributed by atoms with Crippen LogP contribution in [-0.2, 0) is 19.4 Å². The lowest BCUT2D eigenvalue weighted by atomic mass is 10.0. The average molecular weight is 392 g/mol. The third kappa shape index (κ3) is 3.50. The van der Waals surface area contributed by atoms with Gasteiger partial charge in [0, 0.05) is 17.4 Å². The Labute approximate surface area is 167 Å². The number of fused-ring (bicyclic) bond motifs is 1. The Morgan fingerprint density at radius 3 is 2.46 bits per heavy atom. The Bertz CT molecular complexity index is 1150. The van der Waals surface area contributed by atoms with E-state index in [9.17, 15) is 9.18 Å². The summed E-state index contributed by atoms with van der Waals surface area (Å²) >= 11 is 1.47. The molecule has 0 unspecified atom stereocenters. The summed E-state index contributed by atoms with van der Waals surface area (Å²) in [6.07, 6.45) is 1.48. The Kier molecular flexibility index (Phi) is 5.35. The summed E-state index contributed by atoms with van der Waals surface area (Å²) in [5.41, 5.74) is 4.00. The van der Waals surface area contributed by atoms with Gasteiger partial charge in [-0.05, 0) is 23.1 Å². The van der Waals surface area contributed by atoms with E-state index in [-0.39, 0.29) is 12.1 Å². The second-order valence-electron chi connectivity index (χ2n) is 6.72. The fourth-order valence-corrected chi connectivity index (χ4v) is 4.38. The molecule has 4 aromatic rings. The Hall–Kier alpha value is -2.79. The number of halogens is 1. The van der Waals surface area contributed by atoms with Gasteiger partial charge in [0.25, 0.3) is 5.56 Å². The van der Waals surface area contributed by atoms with Gasteiger partial charge in [0.15, 0.2) is 0 Å². The smallest absolute Gasteiger partial charge is 0.262 e. The van der Waals surface area contributed by atoms with Gasteiger partial charge >= 0.3 is 0 Å². The van der Waals surface area contributed by atoms with Gasteiger partial charge in [0.05, 0.1) is 11.9 Å². The Morgan fingerprint density at radius 2 is 1.79 bits per heavy atom. The molecule has 5 heteroatoms. The predicted molar refractivity (Wildman–Crippen MR) is 114 cm³/mol. The van der Waals surface area contributed by atoms with Crippen LogP contribution in [0.25, 0.3) is 21.3 Å². The molecule has 0 aliphatic heterocycles. The van der Waals surface area contributed by atoms with Crippen LogP contribution in [0.15, 0.2) is 64.8 Å². The number of benzene rings is 2. The minimum absolute atomic E-state index is 0.0218. The summed E-state index contributed by atoms with van der Waals surface area (Å²) in [5, 5.41) is 2.56. The largest absolute Gasteiger partial charge is 0.293 e. The third-order valence-corrected chi connectivity index (χ3v) is 5.83. The first-order valence-corrected chi connectivity index (χ1v) is 10.3. The van der Waals surface area contributed by atoms with Crippen LogP contribution in [0.5, 0.6) is 0 Å². The van der Waals surface area contributed by atoms with E-state index in [1.807, 2.05) is 47.8 Å². The number of rotatable bonds is 6. The average Bonchev–Trinajstić information content (AvgIpc) is 3.16. The molecule has 0 saturated heterocycles. The zero-order chi connectivity index (χ0) is 19.5. The second-order valence-corrected chi connectivity index (χ2v) is 7.57. The molecule has 0 spiro atoms. The molecule has 142 valence electrons. The van der Waals surface area contributed by atoms with E-state index in [0.717, 1.165) is 23.1 Å². The zero-order valence-electron chi connectivity index (χ0n) is 15.7. The van der Waals surface area contributed by atoms with Crippen molar-refractivity contribution >= 4 is 21.6 Å². The van der Waals surface area contributed by atoms with Crippen LogP contribution >= 0.6 is 11.3 Å². The lowest BCUT2D eigenvalue weighted by molar-refractivity contribution is 0.433. The highest BCUT2D eigenvalue weighted by atomic mass is 32.1. The number of aromatic nitrogens is 2. The maximum atomic E-state index is 13.3. The van der Waals surface area contributed by atoms with Gasteiger partial charge in [-0.2, -0.15) is 0 Å². The number of nitrogens with zero attached hydrogens (tertiary/aromatic N) is 2. The molecule has 0 saturated carbocycles. The van der Waals surface area contributed by atoms with Gasteiger partial charge in [-0.15, -0.1) is 11.3 Å². The molecule has 0 fully saturated rings. The first kappa shape index (κ1) is 18.6. The maximum Gasteiger partial charge on any atom is 0.262 e. The van der Waals surface area contributed by atoms with Crippen molar-refractivity contribution in [3.8, 4) is 11.1 Å². The number of aryl methyl sites for hydroxylation is 1. The summed E-state index contributed by atoms with van der Waals surface area (Å²) < 4.78 is 14.7. The van der Waals surface area contributed by atoms with Crippen LogP contribution < -0.4 is 5.56 Å². The van der Waals surface area contributed by atoms with Crippen LogP contribution in [0.1, 0.15) is 23.9 Å². The monoisotopic (exact) mass is 392 g/mol. The van der Waals surface area contributed by atoms with E-state index < -0.39 is 6.67 Å². The summed E-state index contributed by atoms with van der Waals surface area (Å²) in [6.45, 7) is 1.54. The van der Waals surface area contributed by atoms with Crippen molar-refractivity contribution in [3.63, 3.8) is 0 Å². The summed E-state index contributed by atoms with van der Waals surface area (Å²) in [4.78, 5) is 18.7. The third-order valence-electron chi connectivity index (χ3n) is 4.96. The van der Waals surface area contributed by atoms with Gasteiger partial charge in [0.2, 0.25) is 0 Å². The van der Waals surface area contributed by atoms with Gasteiger partial charge in [-0.25, -0.2) is 9.37 Å². The first-order valence-electron chi connectivity index (χ1n) is 9.41. The standard InChI is InChI=1S/C23H21FN2OS/c1-2-16-8-10-18(11-9-16)19-15-28-22-21(19)23(27)26(13-12-24)20(25-22)14-17-6-4-3-5-7-17/h3-11,15H,2,12-14H2,1H3. The summed E-state index contributed by atoms with van der Waals surface area (Å²) in [7, 11) is 0. The van der Waals surface area contributed by atoms with Crippen LogP contribution in [-0.4, -0.2) is 16.2 Å². The van der Waals surface area contributed by atoms with Gasteiger partial charge in [-0.3, -0.25) is 9.36 Å². The number of thiophene rings is 1. The molecule has 2 heterocycles. The molecule has 0 radical (unpaired) electrons. The molecule has 0 amide bonds. The van der Waals surface area contributed by atoms with Crippen molar-refractivity contribution in [2.45, 2.75) is 26.3 Å². The zero-order valence-corrected chi connectivity index (χ0v) is 16.5. The second kappa shape index (κ2) is 8.07. The lowest BCUT2D eigenvalue weighted by Gasteiger charge is -2.12. The Morgan fingerprint density at radius 1 is 1.04 bits per heavy atom. The maximum absolute atomic E-state index is 13.3. The minimum Gasteiger partial charge on any atom is -0.293 e. The highest BCUT2D eigenvalue weighted by molar-refractivity contribution is 7.17. The first-order chi connectivity index (χ1) is 13.7. The topological polar surface area (TPSA) is 34.9 Å². The fourth-order valence-electron chi connectivity index (χ4n) is 3.43. The molecule has 0 aliphatic carbocycles. The Balaban J connectivity index is 1.85. The molecule has 28 heavy (non-hydrogen) atoms. The van der Waals surface area contributed by atoms with E-state index >= 15 is 0 Å². The molecule has 0 bridgehead atoms. The highest BCUT2D eigenvalue weighted by Crippen LogP contribution is 2.31. The number of hydrogen-bond acceptors (Lipinski definition) is 3. The molecule has 0 aliphatic rings. The van der Waals surface area contributed by atoms with Crippen molar-refractivity contribution < 1.29 is 4.39 Å². The minimum atomic E-state index is -0.598. The van der Waals surface area contributed by atoms with Crippen LogP contribution in [0.3, 0.4) is 0 Å². The highest BCUT2D eigenvalue weighted by Gasteiger charge is 2.17. The van der Waals surface area contributed by atoms with E-state index in [4.69, 9.17) is 4.98 Å². The van der Waals surface area contributed by atoms with E-state index in [2.05, 4.69) is 19.1 Å². The molecule has 0 N–H and O–H groups in total. The number of hydrogen-bond donors (Lipinski definition) is 0. The summed E-state index contributed by atoms with van der Waals surface area (Å²) in [5.74, 6) is 0.607. The molecular weight excluding hydrogens is 371 g/mol. The van der Waals surface area contributed by atoms with E-state index in [1.165, 1.54) is 21.5 Å². The quantitative estimate of drug-likeness (QED) is 0.449. The van der Waals surface area contributed by atoms with E-state index in [0.29, 0.717) is 22.5 Å². The van der Waals surface area contributed by atoms with Crippen molar-refractivity contribution in [1.29, 1.82) is 0 Å². The van der Waals surface area contributed by atoms with Crippen LogP contribution in [0.4, 0.5) is 4.39 Å². The number of alkyl halides is 1. The molecule has 3 nitrogen and oxygen atoms in total. The molecule has 0 atom stereocenters. The van der Waals surface area contributed by atoms with Gasteiger partial charge in [-0.1, -0.05) is 61.5 Å². The predicted octanol–water partition coefficient (Wildman–Crippen LogP) is 5.25. The van der Waals surface area contributed by atoms with Gasteiger partial charge in [0.1, 0.15) is 17.3 Å². The van der Waals surface area contributed by atoms with Crippen LogP contribution in [0, 0.1) is 0 Å². The van der Waals surface area contributed by atoms with Crippen molar-refractivity contribution in [1.82, 2.24) is 9.55 Å². The van der Waals surface area contributed by atoms with Crippen molar-refractivity contribution in [3.05, 3.63) is 87.3 Å². The molecule has 4 rings (SSSR count). The molecule has 2 aromatic carbocycles. The van der Waals surface area contributed by atoms with Crippen molar-refractivity contribution in [2.24, 2.45) is 0 Å². The SMILES string of the molecule is CCc1ccc(-c2csc3nc(Cc4ccccc4)n(CCF)c(=O)c23)cc1. The summed E-state index contributed by atoms with van der Waals surface area (Å²) in [6, 6.07) is 18.1.